The van der Waals surface area contributed by atoms with Crippen LogP contribution in [0.1, 0.15) is 5.56 Å². The van der Waals surface area contributed by atoms with Crippen molar-refractivity contribution in [2.75, 3.05) is 45.7 Å². The zero-order chi connectivity index (χ0) is 26.6. The summed E-state index contributed by atoms with van der Waals surface area (Å²) in [4.78, 5) is 22.8. The lowest BCUT2D eigenvalue weighted by Gasteiger charge is -2.26. The van der Waals surface area contributed by atoms with Crippen LogP contribution >= 0.6 is 23.2 Å². The van der Waals surface area contributed by atoms with Gasteiger partial charge in [0.2, 0.25) is 5.91 Å². The highest BCUT2D eigenvalue weighted by Crippen LogP contribution is 2.46. The second-order valence-corrected chi connectivity index (χ2v) is 9.72. The highest BCUT2D eigenvalue weighted by Gasteiger charge is 2.19. The summed E-state index contributed by atoms with van der Waals surface area (Å²) in [6, 6.07) is 13.5. The molecule has 1 aliphatic rings. The number of rotatable bonds is 8. The largest absolute Gasteiger partial charge is 0.495 e. The minimum Gasteiger partial charge on any atom is -0.495 e. The third kappa shape index (κ3) is 5.62. The predicted molar refractivity (Wildman–Crippen MR) is 151 cm³/mol. The van der Waals surface area contributed by atoms with Crippen LogP contribution in [-0.2, 0) is 11.2 Å². The van der Waals surface area contributed by atoms with Gasteiger partial charge in [0.05, 0.1) is 30.8 Å². The standard InChI is InChI=1S/C28H27Cl2N5O3/c1-37-21-13-22(38-2)28(30)26(27(21)29)19-5-4-18-12-24(33-15-20(18)11-19)34-23-6-3-17(14-32-23)7-9-35-10-8-31-25(36)16-35/h3-6,11-15H,7-10,16H2,1-2H3,(H,31,36)(H,32,33,34). The Kier molecular flexibility index (Phi) is 7.83. The number of amides is 1. The van der Waals surface area contributed by atoms with Crippen molar-refractivity contribution in [3.8, 4) is 22.6 Å². The molecule has 1 amide bonds. The fourth-order valence-electron chi connectivity index (χ4n) is 4.45. The number of benzene rings is 2. The van der Waals surface area contributed by atoms with Crippen LogP contribution in [-0.4, -0.2) is 61.2 Å². The van der Waals surface area contributed by atoms with Crippen LogP contribution in [0.2, 0.25) is 10.0 Å². The van der Waals surface area contributed by atoms with Crippen LogP contribution in [0.3, 0.4) is 0 Å². The SMILES string of the molecule is COc1cc(OC)c(Cl)c(-c2ccc3cc(Nc4ccc(CCN5CCNC(=O)C5)cn4)ncc3c2)c1Cl. The van der Waals surface area contributed by atoms with Gasteiger partial charge >= 0.3 is 0 Å². The Labute approximate surface area is 230 Å². The van der Waals surface area contributed by atoms with Gasteiger partial charge in [0.15, 0.2) is 0 Å². The quantitative estimate of drug-likeness (QED) is 0.305. The van der Waals surface area contributed by atoms with Gasteiger partial charge in [0, 0.05) is 49.0 Å². The average Bonchev–Trinajstić information content (AvgIpc) is 2.93. The molecule has 196 valence electrons. The van der Waals surface area contributed by atoms with Crippen LogP contribution in [0.5, 0.6) is 11.5 Å². The van der Waals surface area contributed by atoms with E-state index in [4.69, 9.17) is 32.7 Å². The zero-order valence-electron chi connectivity index (χ0n) is 21.1. The summed E-state index contributed by atoms with van der Waals surface area (Å²) < 4.78 is 10.8. The van der Waals surface area contributed by atoms with Crippen molar-refractivity contribution in [3.05, 3.63) is 70.5 Å². The molecule has 0 unspecified atom stereocenters. The average molecular weight is 552 g/mol. The molecule has 0 saturated carbocycles. The maximum absolute atomic E-state index is 11.5. The third-order valence-electron chi connectivity index (χ3n) is 6.50. The molecule has 0 bridgehead atoms. The molecular formula is C28H27Cl2N5O3. The number of hydrogen-bond donors (Lipinski definition) is 2. The van der Waals surface area contributed by atoms with Gasteiger partial charge in [0.1, 0.15) is 23.1 Å². The Morgan fingerprint density at radius 3 is 2.39 bits per heavy atom. The summed E-state index contributed by atoms with van der Waals surface area (Å²) in [6.07, 6.45) is 4.49. The summed E-state index contributed by atoms with van der Waals surface area (Å²) in [5.74, 6) is 2.44. The van der Waals surface area contributed by atoms with Crippen LogP contribution in [0, 0.1) is 0 Å². The number of anilines is 2. The molecule has 0 atom stereocenters. The van der Waals surface area contributed by atoms with E-state index < -0.39 is 0 Å². The molecule has 2 N–H and O–H groups in total. The number of fused-ring (bicyclic) bond motifs is 1. The first-order chi connectivity index (χ1) is 18.4. The number of ether oxygens (including phenoxy) is 2. The number of nitrogens with one attached hydrogen (secondary N) is 2. The number of pyridine rings is 2. The third-order valence-corrected chi connectivity index (χ3v) is 7.25. The van der Waals surface area contributed by atoms with Gasteiger partial charge in [-0.15, -0.1) is 0 Å². The number of aromatic nitrogens is 2. The molecule has 0 radical (unpaired) electrons. The van der Waals surface area contributed by atoms with E-state index in [0.29, 0.717) is 51.8 Å². The second-order valence-electron chi connectivity index (χ2n) is 8.97. The lowest BCUT2D eigenvalue weighted by Crippen LogP contribution is -2.48. The minimum atomic E-state index is 0.0844. The highest BCUT2D eigenvalue weighted by atomic mass is 35.5. The van der Waals surface area contributed by atoms with Crippen LogP contribution < -0.4 is 20.1 Å². The van der Waals surface area contributed by atoms with Crippen molar-refractivity contribution in [1.29, 1.82) is 0 Å². The van der Waals surface area contributed by atoms with Crippen molar-refractivity contribution in [3.63, 3.8) is 0 Å². The maximum Gasteiger partial charge on any atom is 0.234 e. The van der Waals surface area contributed by atoms with E-state index in [-0.39, 0.29) is 5.91 Å². The van der Waals surface area contributed by atoms with Crippen molar-refractivity contribution in [2.24, 2.45) is 0 Å². The fraction of sp³-hybridized carbons (Fsp3) is 0.250. The summed E-state index contributed by atoms with van der Waals surface area (Å²) in [5.41, 5.74) is 2.59. The van der Waals surface area contributed by atoms with E-state index in [9.17, 15) is 4.79 Å². The van der Waals surface area contributed by atoms with E-state index in [1.165, 1.54) is 0 Å². The lowest BCUT2D eigenvalue weighted by molar-refractivity contribution is -0.124. The number of nitrogens with zero attached hydrogens (tertiary/aromatic N) is 3. The molecule has 2 aromatic carbocycles. The van der Waals surface area contributed by atoms with E-state index in [0.717, 1.165) is 41.4 Å². The summed E-state index contributed by atoms with van der Waals surface area (Å²) in [7, 11) is 3.10. The summed E-state index contributed by atoms with van der Waals surface area (Å²) in [5, 5.41) is 8.87. The van der Waals surface area contributed by atoms with Gasteiger partial charge in [-0.2, -0.15) is 0 Å². The number of carbonyl (C=O) groups excluding carboxylic acids is 1. The van der Waals surface area contributed by atoms with Crippen LogP contribution in [0.4, 0.5) is 11.6 Å². The second kappa shape index (κ2) is 11.4. The number of halogens is 2. The highest BCUT2D eigenvalue weighted by molar-refractivity contribution is 6.41. The molecule has 1 saturated heterocycles. The van der Waals surface area contributed by atoms with Crippen LogP contribution in [0.25, 0.3) is 21.9 Å². The molecule has 0 spiro atoms. The number of carbonyl (C=O) groups is 1. The van der Waals surface area contributed by atoms with Gasteiger partial charge < -0.3 is 20.1 Å². The summed E-state index contributed by atoms with van der Waals surface area (Å²) >= 11 is 13.2. The van der Waals surface area contributed by atoms with Crippen molar-refractivity contribution in [2.45, 2.75) is 6.42 Å². The Hall–Kier alpha value is -3.59. The van der Waals surface area contributed by atoms with Crippen molar-refractivity contribution in [1.82, 2.24) is 20.2 Å². The maximum atomic E-state index is 11.5. The molecule has 0 aliphatic carbocycles. The minimum absolute atomic E-state index is 0.0844. The first-order valence-corrected chi connectivity index (χ1v) is 12.9. The van der Waals surface area contributed by atoms with E-state index in [1.807, 2.05) is 42.6 Å². The Morgan fingerprint density at radius 1 is 0.947 bits per heavy atom. The predicted octanol–water partition coefficient (Wildman–Crippen LogP) is 5.34. The van der Waals surface area contributed by atoms with Gasteiger partial charge in [-0.1, -0.05) is 41.4 Å². The van der Waals surface area contributed by atoms with Gasteiger partial charge in [-0.05, 0) is 41.1 Å². The van der Waals surface area contributed by atoms with Crippen LogP contribution in [0.15, 0.2) is 54.9 Å². The molecular weight excluding hydrogens is 525 g/mol. The first kappa shape index (κ1) is 26.0. The Morgan fingerprint density at radius 2 is 1.71 bits per heavy atom. The van der Waals surface area contributed by atoms with E-state index in [2.05, 4.69) is 25.5 Å². The monoisotopic (exact) mass is 551 g/mol. The topological polar surface area (TPSA) is 88.6 Å². The Bertz CT molecular complexity index is 1450. The molecule has 2 aromatic heterocycles. The molecule has 38 heavy (non-hydrogen) atoms. The van der Waals surface area contributed by atoms with Crippen molar-refractivity contribution < 1.29 is 14.3 Å². The molecule has 3 heterocycles. The molecule has 4 aromatic rings. The Balaban J connectivity index is 1.30. The molecule has 1 fully saturated rings. The molecule has 8 nitrogen and oxygen atoms in total. The fourth-order valence-corrected chi connectivity index (χ4v) is 5.17. The smallest absolute Gasteiger partial charge is 0.234 e. The van der Waals surface area contributed by atoms with E-state index >= 15 is 0 Å². The normalized spacial score (nSPS) is 13.8. The number of hydrogen-bond acceptors (Lipinski definition) is 7. The first-order valence-electron chi connectivity index (χ1n) is 12.2. The zero-order valence-corrected chi connectivity index (χ0v) is 22.6. The molecule has 10 heteroatoms. The number of methoxy groups -OCH3 is 2. The van der Waals surface area contributed by atoms with Crippen molar-refractivity contribution >= 4 is 51.5 Å². The van der Waals surface area contributed by atoms with E-state index in [1.54, 1.807) is 26.5 Å². The number of piperazine rings is 1. The van der Waals surface area contributed by atoms with Gasteiger partial charge in [0.25, 0.3) is 0 Å². The lowest BCUT2D eigenvalue weighted by atomic mass is 10.0. The van der Waals surface area contributed by atoms with Gasteiger partial charge in [-0.3, -0.25) is 9.69 Å². The molecule has 1 aliphatic heterocycles. The summed E-state index contributed by atoms with van der Waals surface area (Å²) in [6.45, 7) is 2.87. The van der Waals surface area contributed by atoms with Gasteiger partial charge in [-0.25, -0.2) is 9.97 Å². The molecule has 5 rings (SSSR count).